The quantitative estimate of drug-likeness (QED) is 0.554. The molecule has 0 aliphatic carbocycles. The van der Waals surface area contributed by atoms with Crippen molar-refractivity contribution in [1.29, 1.82) is 0 Å². The van der Waals surface area contributed by atoms with Gasteiger partial charge in [-0.05, 0) is 38.8 Å². The fourth-order valence-corrected chi connectivity index (χ4v) is 5.07. The van der Waals surface area contributed by atoms with E-state index in [-0.39, 0.29) is 42.5 Å². The molecule has 0 bridgehead atoms. The number of nitrogens with one attached hydrogen (secondary N) is 2. The van der Waals surface area contributed by atoms with Gasteiger partial charge in [0.15, 0.2) is 0 Å². The fraction of sp³-hybridized carbons (Fsp3) is 0.500. The van der Waals surface area contributed by atoms with Crippen LogP contribution in [0.3, 0.4) is 0 Å². The van der Waals surface area contributed by atoms with E-state index in [9.17, 15) is 22.8 Å². The molecule has 32 heavy (non-hydrogen) atoms. The normalized spacial score (nSPS) is 20.3. The van der Waals surface area contributed by atoms with Crippen molar-refractivity contribution < 1.29 is 32.3 Å². The van der Waals surface area contributed by atoms with E-state index in [0.29, 0.717) is 12.8 Å². The van der Waals surface area contributed by atoms with Crippen LogP contribution in [0.2, 0.25) is 0 Å². The van der Waals surface area contributed by atoms with Gasteiger partial charge in [-0.25, -0.2) is 18.0 Å². The molecule has 2 amide bonds. The van der Waals surface area contributed by atoms with Gasteiger partial charge >= 0.3 is 18.0 Å². The molecule has 11 nitrogen and oxygen atoms in total. The Bertz CT molecular complexity index is 1000. The van der Waals surface area contributed by atoms with Crippen LogP contribution in [0.4, 0.5) is 4.79 Å². The van der Waals surface area contributed by atoms with Crippen LogP contribution in [-0.4, -0.2) is 68.0 Å². The minimum Gasteiger partial charge on any atom is -0.463 e. The molecule has 1 fully saturated rings. The van der Waals surface area contributed by atoms with Gasteiger partial charge in [0.25, 0.3) is 0 Å². The number of ether oxygens (including phenoxy) is 2. The van der Waals surface area contributed by atoms with E-state index in [2.05, 4.69) is 15.6 Å². The predicted octanol–water partition coefficient (Wildman–Crippen LogP) is 0.544. The summed E-state index contributed by atoms with van der Waals surface area (Å²) in [7, 11) is -3.67. The van der Waals surface area contributed by atoms with Gasteiger partial charge in [0.1, 0.15) is 11.5 Å². The number of amides is 2. The van der Waals surface area contributed by atoms with Crippen molar-refractivity contribution >= 4 is 28.0 Å². The van der Waals surface area contributed by atoms with Gasteiger partial charge < -0.3 is 20.1 Å². The number of sulfonamides is 1. The van der Waals surface area contributed by atoms with Crippen molar-refractivity contribution in [3.05, 3.63) is 35.8 Å². The fourth-order valence-electron chi connectivity index (χ4n) is 3.64. The average Bonchev–Trinajstić information content (AvgIpc) is 2.77. The minimum atomic E-state index is -3.67. The van der Waals surface area contributed by atoms with Gasteiger partial charge in [-0.2, -0.15) is 4.31 Å². The second-order valence-electron chi connectivity index (χ2n) is 7.41. The number of hydrogen-bond donors (Lipinski definition) is 2. The lowest BCUT2D eigenvalue weighted by molar-refractivity contribution is -0.149. The van der Waals surface area contributed by atoms with E-state index >= 15 is 0 Å². The van der Waals surface area contributed by atoms with E-state index in [1.54, 1.807) is 19.9 Å². The van der Waals surface area contributed by atoms with Gasteiger partial charge in [0.2, 0.25) is 10.0 Å². The first-order chi connectivity index (χ1) is 15.2. The Kier molecular flexibility index (Phi) is 7.46. The molecule has 174 valence electrons. The number of aromatic nitrogens is 1. The van der Waals surface area contributed by atoms with Gasteiger partial charge in [-0.3, -0.25) is 9.78 Å². The highest BCUT2D eigenvalue weighted by molar-refractivity contribution is 7.89. The van der Waals surface area contributed by atoms with Crippen LogP contribution in [0.25, 0.3) is 0 Å². The van der Waals surface area contributed by atoms with Crippen molar-refractivity contribution in [1.82, 2.24) is 19.9 Å². The van der Waals surface area contributed by atoms with E-state index in [1.807, 2.05) is 0 Å². The molecule has 2 aliphatic heterocycles. The first-order valence-corrected chi connectivity index (χ1v) is 11.7. The second-order valence-corrected chi connectivity index (χ2v) is 9.35. The number of nitrogens with zero attached hydrogens (tertiary/aromatic N) is 2. The van der Waals surface area contributed by atoms with Crippen molar-refractivity contribution in [2.24, 2.45) is 5.92 Å². The summed E-state index contributed by atoms with van der Waals surface area (Å²) in [6.45, 7) is 3.51. The van der Waals surface area contributed by atoms with Gasteiger partial charge in [0, 0.05) is 25.5 Å². The molecule has 1 unspecified atom stereocenters. The number of piperidine rings is 1. The average molecular weight is 467 g/mol. The van der Waals surface area contributed by atoms with Crippen LogP contribution in [0.1, 0.15) is 26.7 Å². The first-order valence-electron chi connectivity index (χ1n) is 10.3. The number of carbonyl (C=O) groups excluding carboxylic acids is 3. The highest BCUT2D eigenvalue weighted by Gasteiger charge is 2.34. The zero-order valence-corrected chi connectivity index (χ0v) is 18.7. The molecule has 0 aromatic carbocycles. The smallest absolute Gasteiger partial charge is 0.338 e. The molecular formula is C20H26N4O7S. The third-order valence-electron chi connectivity index (χ3n) is 5.28. The molecule has 1 aromatic heterocycles. The lowest BCUT2D eigenvalue weighted by Crippen LogP contribution is -2.50. The number of rotatable bonds is 7. The molecule has 0 saturated carbocycles. The Morgan fingerprint density at radius 1 is 1.25 bits per heavy atom. The Morgan fingerprint density at radius 2 is 1.97 bits per heavy atom. The summed E-state index contributed by atoms with van der Waals surface area (Å²) in [5, 5.41) is 5.06. The molecule has 2 aliphatic rings. The molecular weight excluding hydrogens is 440 g/mol. The van der Waals surface area contributed by atoms with E-state index in [0.717, 1.165) is 0 Å². The molecule has 12 heteroatoms. The van der Waals surface area contributed by atoms with Crippen molar-refractivity contribution in [2.45, 2.75) is 37.6 Å². The molecule has 2 N–H and O–H groups in total. The number of pyridine rings is 1. The van der Waals surface area contributed by atoms with E-state index in [4.69, 9.17) is 9.47 Å². The lowest BCUT2D eigenvalue weighted by atomic mass is 9.98. The second kappa shape index (κ2) is 10.1. The highest BCUT2D eigenvalue weighted by Crippen LogP contribution is 2.24. The molecule has 3 rings (SSSR count). The van der Waals surface area contributed by atoms with Crippen LogP contribution in [0, 0.1) is 5.92 Å². The predicted molar refractivity (Wildman–Crippen MR) is 111 cm³/mol. The molecule has 3 heterocycles. The van der Waals surface area contributed by atoms with Crippen LogP contribution in [-0.2, 0) is 29.1 Å². The Balaban J connectivity index is 1.60. The van der Waals surface area contributed by atoms with Crippen molar-refractivity contribution in [3.63, 3.8) is 0 Å². The van der Waals surface area contributed by atoms with Crippen molar-refractivity contribution in [3.8, 4) is 0 Å². The maximum atomic E-state index is 12.7. The number of esters is 2. The number of hydrogen-bond acceptors (Lipinski definition) is 8. The maximum Gasteiger partial charge on any atom is 0.338 e. The first kappa shape index (κ1) is 23.7. The molecule has 1 atom stereocenters. The van der Waals surface area contributed by atoms with Gasteiger partial charge in [-0.1, -0.05) is 0 Å². The zero-order chi connectivity index (χ0) is 23.3. The summed E-state index contributed by atoms with van der Waals surface area (Å²) in [5.41, 5.74) is 0.362. The maximum absolute atomic E-state index is 12.7. The summed E-state index contributed by atoms with van der Waals surface area (Å²) in [6, 6.07) is 1.92. The Morgan fingerprint density at radius 3 is 2.59 bits per heavy atom. The van der Waals surface area contributed by atoms with Crippen LogP contribution >= 0.6 is 0 Å². The topological polar surface area (TPSA) is 144 Å². The third kappa shape index (κ3) is 5.25. The Hall–Kier alpha value is -2.99. The summed E-state index contributed by atoms with van der Waals surface area (Å²) in [4.78, 5) is 40.5. The monoisotopic (exact) mass is 466 g/mol. The van der Waals surface area contributed by atoms with Crippen molar-refractivity contribution in [2.75, 3.05) is 26.3 Å². The number of carbonyl (C=O) groups is 3. The van der Waals surface area contributed by atoms with Crippen LogP contribution in [0.5, 0.6) is 0 Å². The lowest BCUT2D eigenvalue weighted by Gasteiger charge is -2.30. The molecule has 1 saturated heterocycles. The Labute approximate surface area is 186 Å². The summed E-state index contributed by atoms with van der Waals surface area (Å²) in [6.07, 6.45) is 3.38. The molecule has 1 aromatic rings. The van der Waals surface area contributed by atoms with Crippen LogP contribution < -0.4 is 10.6 Å². The van der Waals surface area contributed by atoms with E-state index in [1.165, 1.54) is 22.8 Å². The summed E-state index contributed by atoms with van der Waals surface area (Å²) < 4.78 is 37.1. The molecule has 0 radical (unpaired) electrons. The van der Waals surface area contributed by atoms with Gasteiger partial charge in [0.05, 0.1) is 29.8 Å². The third-order valence-corrected chi connectivity index (χ3v) is 7.17. The van der Waals surface area contributed by atoms with Crippen LogP contribution in [0.15, 0.2) is 40.7 Å². The number of urea groups is 1. The SMILES string of the molecule is CCOC(=O)C1=C(COC(=O)C2CCN(S(=O)(=O)c3cccnc3)CC2)NC(=O)NC1C. The summed E-state index contributed by atoms with van der Waals surface area (Å²) in [5.74, 6) is -1.61. The minimum absolute atomic E-state index is 0.107. The summed E-state index contributed by atoms with van der Waals surface area (Å²) >= 11 is 0. The standard InChI is InChI=1S/C20H26N4O7S/c1-3-30-19(26)17-13(2)22-20(27)23-16(17)12-31-18(25)14-6-9-24(10-7-14)32(28,29)15-5-4-8-21-11-15/h4-5,8,11,13-14H,3,6-7,9-10,12H2,1-2H3,(H2,22,23,27). The largest absolute Gasteiger partial charge is 0.463 e. The van der Waals surface area contributed by atoms with E-state index < -0.39 is 40.0 Å². The highest BCUT2D eigenvalue weighted by atomic mass is 32.2. The zero-order valence-electron chi connectivity index (χ0n) is 17.9. The van der Waals surface area contributed by atoms with Gasteiger partial charge in [-0.15, -0.1) is 0 Å². The molecule has 0 spiro atoms.